The molecule has 0 aliphatic rings. The number of ether oxygens (including phenoxy) is 1. The maximum Gasteiger partial charge on any atom is 0.198 e. The van der Waals surface area contributed by atoms with Gasteiger partial charge in [0.2, 0.25) is 0 Å². The minimum Gasteiger partial charge on any atom is -0.356 e. The summed E-state index contributed by atoms with van der Waals surface area (Å²) in [6.07, 6.45) is 3.78. The summed E-state index contributed by atoms with van der Waals surface area (Å²) in [6, 6.07) is 26.2. The smallest absolute Gasteiger partial charge is 0.198 e. The predicted molar refractivity (Wildman–Crippen MR) is 93.7 cm³/mol. The molecule has 0 aliphatic carbocycles. The highest BCUT2D eigenvalue weighted by Crippen LogP contribution is 2.28. The summed E-state index contributed by atoms with van der Waals surface area (Å²) >= 11 is 0. The van der Waals surface area contributed by atoms with Crippen LogP contribution in [-0.4, -0.2) is 7.11 Å². The fourth-order valence-electron chi connectivity index (χ4n) is 2.72. The lowest BCUT2D eigenvalue weighted by atomic mass is 9.93. The van der Waals surface area contributed by atoms with Crippen molar-refractivity contribution in [3.8, 4) is 6.07 Å². The van der Waals surface area contributed by atoms with Gasteiger partial charge in [0.25, 0.3) is 0 Å². The Labute approximate surface area is 136 Å². The summed E-state index contributed by atoms with van der Waals surface area (Å²) in [5.41, 5.74) is 0.801. The molecule has 2 nitrogen and oxygen atoms in total. The van der Waals surface area contributed by atoms with Crippen LogP contribution in [0.3, 0.4) is 0 Å². The maximum absolute atomic E-state index is 9.70. The van der Waals surface area contributed by atoms with Gasteiger partial charge in [-0.05, 0) is 22.4 Å². The number of nitrogens with zero attached hydrogens (tertiary/aromatic N) is 1. The molecule has 0 heterocycles. The molecule has 0 spiro atoms. The average molecular weight is 299 g/mol. The summed E-state index contributed by atoms with van der Waals surface area (Å²) in [7, 11) is 1.56. The monoisotopic (exact) mass is 299 g/mol. The molecular formula is C21H17NO. The van der Waals surface area contributed by atoms with Crippen LogP contribution in [0.1, 0.15) is 11.1 Å². The Morgan fingerprint density at radius 2 is 1.61 bits per heavy atom. The third-order valence-corrected chi connectivity index (χ3v) is 4.01. The molecule has 0 radical (unpaired) electrons. The lowest BCUT2D eigenvalue weighted by molar-refractivity contribution is 0.0800. The minimum atomic E-state index is -1.09. The van der Waals surface area contributed by atoms with E-state index in [1.807, 2.05) is 66.7 Å². The second kappa shape index (κ2) is 6.48. The minimum absolute atomic E-state index is 0.821. The molecule has 0 bridgehead atoms. The fourth-order valence-corrected chi connectivity index (χ4v) is 2.72. The number of hydrogen-bond acceptors (Lipinski definition) is 2. The molecule has 0 fully saturated rings. The van der Waals surface area contributed by atoms with Crippen molar-refractivity contribution in [3.05, 3.63) is 90.0 Å². The van der Waals surface area contributed by atoms with E-state index in [-0.39, 0.29) is 0 Å². The molecule has 23 heavy (non-hydrogen) atoms. The second-order valence-corrected chi connectivity index (χ2v) is 5.32. The zero-order valence-electron chi connectivity index (χ0n) is 12.9. The van der Waals surface area contributed by atoms with E-state index in [0.29, 0.717) is 0 Å². The Kier molecular flexibility index (Phi) is 4.23. The van der Waals surface area contributed by atoms with Gasteiger partial charge in [0, 0.05) is 12.7 Å². The Hall–Kier alpha value is -2.89. The van der Waals surface area contributed by atoms with Gasteiger partial charge in [0.15, 0.2) is 5.60 Å². The molecule has 3 aromatic carbocycles. The van der Waals surface area contributed by atoms with Crippen molar-refractivity contribution < 1.29 is 4.74 Å². The third kappa shape index (κ3) is 2.88. The molecule has 3 rings (SSSR count). The molecule has 112 valence electrons. The van der Waals surface area contributed by atoms with Gasteiger partial charge in [0.1, 0.15) is 6.07 Å². The van der Waals surface area contributed by atoms with Gasteiger partial charge in [0.05, 0.1) is 0 Å². The summed E-state index contributed by atoms with van der Waals surface area (Å²) in [6.45, 7) is 0. The van der Waals surface area contributed by atoms with Crippen LogP contribution in [0.15, 0.2) is 78.9 Å². The molecule has 0 amide bonds. The largest absolute Gasteiger partial charge is 0.356 e. The molecular weight excluding hydrogens is 282 g/mol. The summed E-state index contributed by atoms with van der Waals surface area (Å²) < 4.78 is 5.56. The fraction of sp³-hybridized carbons (Fsp3) is 0.0952. The van der Waals surface area contributed by atoms with Crippen LogP contribution in [0.5, 0.6) is 0 Å². The SMILES string of the molecule is COC(C#N)(/C=C/c1cccc2ccccc12)c1ccccc1. The molecule has 0 saturated heterocycles. The normalized spacial score (nSPS) is 13.7. The topological polar surface area (TPSA) is 33.0 Å². The first-order valence-electron chi connectivity index (χ1n) is 7.48. The number of benzene rings is 3. The first-order chi connectivity index (χ1) is 11.3. The molecule has 0 saturated carbocycles. The van der Waals surface area contributed by atoms with E-state index in [1.54, 1.807) is 7.11 Å². The number of fused-ring (bicyclic) bond motifs is 1. The van der Waals surface area contributed by atoms with Crippen LogP contribution in [0.2, 0.25) is 0 Å². The van der Waals surface area contributed by atoms with Crippen LogP contribution in [0.25, 0.3) is 16.8 Å². The first kappa shape index (κ1) is 15.0. The molecule has 1 atom stereocenters. The van der Waals surface area contributed by atoms with Crippen molar-refractivity contribution in [1.82, 2.24) is 0 Å². The van der Waals surface area contributed by atoms with Crippen molar-refractivity contribution in [2.24, 2.45) is 0 Å². The van der Waals surface area contributed by atoms with E-state index in [4.69, 9.17) is 4.74 Å². The van der Waals surface area contributed by atoms with Crippen molar-refractivity contribution >= 4 is 16.8 Å². The highest BCUT2D eigenvalue weighted by molar-refractivity contribution is 5.90. The quantitative estimate of drug-likeness (QED) is 0.685. The summed E-state index contributed by atoms with van der Waals surface area (Å²) in [4.78, 5) is 0. The molecule has 1 unspecified atom stereocenters. The second-order valence-electron chi connectivity index (χ2n) is 5.32. The van der Waals surface area contributed by atoms with Crippen molar-refractivity contribution in [2.45, 2.75) is 5.60 Å². The summed E-state index contributed by atoms with van der Waals surface area (Å²) in [5.74, 6) is 0. The lowest BCUT2D eigenvalue weighted by Crippen LogP contribution is -2.23. The van der Waals surface area contributed by atoms with E-state index < -0.39 is 5.60 Å². The molecule has 3 aromatic rings. The van der Waals surface area contributed by atoms with Gasteiger partial charge in [-0.3, -0.25) is 0 Å². The Morgan fingerprint density at radius 1 is 0.913 bits per heavy atom. The number of methoxy groups -OCH3 is 1. The maximum atomic E-state index is 9.70. The highest BCUT2D eigenvalue weighted by atomic mass is 16.5. The standard InChI is InChI=1S/C21H17NO/c1-23-21(16-22,19-11-3-2-4-12-19)15-14-18-10-7-9-17-8-5-6-13-20(17)18/h2-15H,1H3/b15-14+. The van der Waals surface area contributed by atoms with Crippen LogP contribution < -0.4 is 0 Å². The Bertz CT molecular complexity index is 872. The van der Waals surface area contributed by atoms with E-state index in [2.05, 4.69) is 24.3 Å². The van der Waals surface area contributed by atoms with Gasteiger partial charge < -0.3 is 4.74 Å². The zero-order chi connectivity index (χ0) is 16.1. The predicted octanol–water partition coefficient (Wildman–Crippen LogP) is 4.92. The van der Waals surface area contributed by atoms with Crippen molar-refractivity contribution in [3.63, 3.8) is 0 Å². The number of nitriles is 1. The summed E-state index contributed by atoms with van der Waals surface area (Å²) in [5, 5.41) is 12.0. The Morgan fingerprint density at radius 3 is 2.35 bits per heavy atom. The van der Waals surface area contributed by atoms with E-state index in [1.165, 1.54) is 5.39 Å². The average Bonchev–Trinajstić information content (AvgIpc) is 2.64. The Balaban J connectivity index is 2.07. The van der Waals surface area contributed by atoms with E-state index in [0.717, 1.165) is 16.5 Å². The van der Waals surface area contributed by atoms with Gasteiger partial charge in [-0.25, -0.2) is 0 Å². The third-order valence-electron chi connectivity index (χ3n) is 4.01. The molecule has 0 aromatic heterocycles. The lowest BCUT2D eigenvalue weighted by Gasteiger charge is -2.21. The van der Waals surface area contributed by atoms with Gasteiger partial charge >= 0.3 is 0 Å². The van der Waals surface area contributed by atoms with Crippen LogP contribution >= 0.6 is 0 Å². The van der Waals surface area contributed by atoms with Crippen LogP contribution in [0, 0.1) is 11.3 Å². The molecule has 0 aliphatic heterocycles. The van der Waals surface area contributed by atoms with Gasteiger partial charge in [-0.2, -0.15) is 5.26 Å². The highest BCUT2D eigenvalue weighted by Gasteiger charge is 2.28. The van der Waals surface area contributed by atoms with Gasteiger partial charge in [-0.15, -0.1) is 0 Å². The van der Waals surface area contributed by atoms with E-state index >= 15 is 0 Å². The molecule has 2 heteroatoms. The van der Waals surface area contributed by atoms with Crippen LogP contribution in [-0.2, 0) is 10.3 Å². The van der Waals surface area contributed by atoms with Gasteiger partial charge in [-0.1, -0.05) is 78.9 Å². The van der Waals surface area contributed by atoms with Crippen LogP contribution in [0.4, 0.5) is 0 Å². The van der Waals surface area contributed by atoms with Crippen molar-refractivity contribution in [2.75, 3.05) is 7.11 Å². The number of rotatable bonds is 4. The molecule has 0 N–H and O–H groups in total. The zero-order valence-corrected chi connectivity index (χ0v) is 12.9. The van der Waals surface area contributed by atoms with E-state index in [9.17, 15) is 5.26 Å². The van der Waals surface area contributed by atoms with Crippen molar-refractivity contribution in [1.29, 1.82) is 5.26 Å². The first-order valence-corrected chi connectivity index (χ1v) is 7.48. The number of hydrogen-bond donors (Lipinski definition) is 0.